The molecule has 25 heavy (non-hydrogen) atoms. The second-order valence-corrected chi connectivity index (χ2v) is 6.93. The van der Waals surface area contributed by atoms with Gasteiger partial charge < -0.3 is 19.7 Å². The molecule has 3 rings (SSSR count). The Labute approximate surface area is 146 Å². The standard InChI is InChI=1S/C19H22O6/c1-10(8-19(6-7-19)18(22)23)4-5-12-15(20)14-13(9-25-17(14)21)11(2)16(12)24-3/h4,20H,5-9H2,1-3H3,(H,22,23). The summed E-state index contributed by atoms with van der Waals surface area (Å²) in [7, 11) is 1.52. The largest absolute Gasteiger partial charge is 0.507 e. The molecule has 1 aliphatic carbocycles. The number of carbonyl (C=O) groups is 2. The monoisotopic (exact) mass is 346 g/mol. The highest BCUT2D eigenvalue weighted by molar-refractivity contribution is 5.98. The van der Waals surface area contributed by atoms with Gasteiger partial charge in [-0.25, -0.2) is 4.79 Å². The minimum Gasteiger partial charge on any atom is -0.507 e. The Morgan fingerprint density at radius 2 is 2.08 bits per heavy atom. The normalized spacial score (nSPS) is 17.9. The van der Waals surface area contributed by atoms with E-state index in [1.54, 1.807) is 0 Å². The van der Waals surface area contributed by atoms with Crippen molar-refractivity contribution in [2.75, 3.05) is 7.11 Å². The third-order valence-corrected chi connectivity index (χ3v) is 5.23. The van der Waals surface area contributed by atoms with E-state index in [4.69, 9.17) is 9.47 Å². The Bertz CT molecular complexity index is 786. The van der Waals surface area contributed by atoms with Gasteiger partial charge in [0.2, 0.25) is 0 Å². The van der Waals surface area contributed by atoms with Crippen LogP contribution in [0.15, 0.2) is 11.6 Å². The molecule has 0 unspecified atom stereocenters. The number of phenolic OH excluding ortho intramolecular Hbond substituents is 1. The van der Waals surface area contributed by atoms with E-state index in [0.717, 1.165) is 11.1 Å². The maximum Gasteiger partial charge on any atom is 0.342 e. The summed E-state index contributed by atoms with van der Waals surface area (Å²) in [5.41, 5.74) is 2.51. The van der Waals surface area contributed by atoms with Crippen molar-refractivity contribution in [3.63, 3.8) is 0 Å². The molecule has 1 aromatic carbocycles. The first-order chi connectivity index (χ1) is 11.8. The average molecular weight is 346 g/mol. The maximum atomic E-state index is 11.9. The van der Waals surface area contributed by atoms with E-state index in [0.29, 0.717) is 42.6 Å². The van der Waals surface area contributed by atoms with E-state index >= 15 is 0 Å². The van der Waals surface area contributed by atoms with Gasteiger partial charge in [-0.15, -0.1) is 0 Å². The number of cyclic esters (lactones) is 1. The molecule has 1 saturated carbocycles. The number of aliphatic carboxylic acids is 1. The number of carboxylic acid groups (broad SMARTS) is 1. The van der Waals surface area contributed by atoms with Gasteiger partial charge in [0.25, 0.3) is 0 Å². The van der Waals surface area contributed by atoms with Crippen molar-refractivity contribution in [1.29, 1.82) is 0 Å². The number of fused-ring (bicyclic) bond motifs is 1. The first kappa shape index (κ1) is 17.3. The van der Waals surface area contributed by atoms with Crippen LogP contribution in [-0.4, -0.2) is 29.3 Å². The van der Waals surface area contributed by atoms with E-state index in [9.17, 15) is 19.8 Å². The van der Waals surface area contributed by atoms with Gasteiger partial charge in [0.1, 0.15) is 23.7 Å². The van der Waals surface area contributed by atoms with E-state index in [2.05, 4.69) is 0 Å². The third kappa shape index (κ3) is 2.86. The van der Waals surface area contributed by atoms with Crippen LogP contribution >= 0.6 is 0 Å². The van der Waals surface area contributed by atoms with Crippen LogP contribution in [0.3, 0.4) is 0 Å². The fraction of sp³-hybridized carbons (Fsp3) is 0.474. The first-order valence-electron chi connectivity index (χ1n) is 8.28. The lowest BCUT2D eigenvalue weighted by Gasteiger charge is -2.16. The molecule has 0 aromatic heterocycles. The molecule has 6 nitrogen and oxygen atoms in total. The van der Waals surface area contributed by atoms with Crippen molar-refractivity contribution in [2.24, 2.45) is 5.41 Å². The summed E-state index contributed by atoms with van der Waals surface area (Å²) >= 11 is 0. The van der Waals surface area contributed by atoms with Crippen molar-refractivity contribution in [1.82, 2.24) is 0 Å². The summed E-state index contributed by atoms with van der Waals surface area (Å²) < 4.78 is 10.5. The molecule has 1 aliphatic heterocycles. The van der Waals surface area contributed by atoms with Gasteiger partial charge in [-0.2, -0.15) is 0 Å². The summed E-state index contributed by atoms with van der Waals surface area (Å²) in [6.07, 6.45) is 4.15. The summed E-state index contributed by atoms with van der Waals surface area (Å²) in [6.45, 7) is 3.87. The molecule has 1 heterocycles. The minimum atomic E-state index is -0.753. The van der Waals surface area contributed by atoms with Crippen molar-refractivity contribution in [2.45, 2.75) is 46.1 Å². The van der Waals surface area contributed by atoms with Gasteiger partial charge in [-0.3, -0.25) is 4.79 Å². The number of phenols is 1. The van der Waals surface area contributed by atoms with Crippen molar-refractivity contribution in [3.05, 3.63) is 33.9 Å². The Balaban J connectivity index is 1.91. The lowest BCUT2D eigenvalue weighted by molar-refractivity contribution is -0.143. The van der Waals surface area contributed by atoms with E-state index in [-0.39, 0.29) is 17.9 Å². The van der Waals surface area contributed by atoms with Gasteiger partial charge >= 0.3 is 11.9 Å². The fourth-order valence-corrected chi connectivity index (χ4v) is 3.53. The first-order valence-corrected chi connectivity index (χ1v) is 8.28. The second-order valence-electron chi connectivity index (χ2n) is 6.93. The molecule has 0 atom stereocenters. The summed E-state index contributed by atoms with van der Waals surface area (Å²) in [6, 6.07) is 0. The van der Waals surface area contributed by atoms with Gasteiger partial charge in [0.05, 0.1) is 12.5 Å². The zero-order valence-corrected chi connectivity index (χ0v) is 14.6. The van der Waals surface area contributed by atoms with Crippen LogP contribution in [0.25, 0.3) is 0 Å². The van der Waals surface area contributed by atoms with Gasteiger partial charge in [0.15, 0.2) is 0 Å². The molecule has 6 heteroatoms. The minimum absolute atomic E-state index is 0.108. The molecule has 0 bridgehead atoms. The number of ether oxygens (including phenoxy) is 2. The molecular weight excluding hydrogens is 324 g/mol. The fourth-order valence-electron chi connectivity index (χ4n) is 3.53. The summed E-state index contributed by atoms with van der Waals surface area (Å²) in [5, 5.41) is 19.9. The number of methoxy groups -OCH3 is 1. The molecule has 2 aliphatic rings. The van der Waals surface area contributed by atoms with Crippen molar-refractivity contribution < 1.29 is 29.3 Å². The maximum absolute atomic E-state index is 11.9. The van der Waals surface area contributed by atoms with E-state index < -0.39 is 17.4 Å². The van der Waals surface area contributed by atoms with Gasteiger partial charge in [0, 0.05) is 11.1 Å². The Kier molecular flexibility index (Phi) is 4.22. The summed E-state index contributed by atoms with van der Waals surface area (Å²) in [5.74, 6) is -0.846. The number of esters is 1. The van der Waals surface area contributed by atoms with Crippen molar-refractivity contribution >= 4 is 11.9 Å². The molecule has 134 valence electrons. The van der Waals surface area contributed by atoms with Crippen molar-refractivity contribution in [3.8, 4) is 11.5 Å². The molecule has 0 radical (unpaired) electrons. The molecule has 0 amide bonds. The van der Waals surface area contributed by atoms with E-state index in [1.807, 2.05) is 19.9 Å². The smallest absolute Gasteiger partial charge is 0.342 e. The molecule has 1 aromatic rings. The average Bonchev–Trinajstić information content (AvgIpc) is 3.24. The predicted molar refractivity (Wildman–Crippen MR) is 89.9 cm³/mol. The molecule has 1 fully saturated rings. The quantitative estimate of drug-likeness (QED) is 0.607. The van der Waals surface area contributed by atoms with Crippen LogP contribution in [-0.2, 0) is 22.6 Å². The molecular formula is C19H22O6. The van der Waals surface area contributed by atoms with Crippen LogP contribution in [0.5, 0.6) is 11.5 Å². The Morgan fingerprint density at radius 1 is 1.40 bits per heavy atom. The predicted octanol–water partition coefficient (Wildman–Crippen LogP) is 3.12. The number of rotatable bonds is 6. The lowest BCUT2D eigenvalue weighted by Crippen LogP contribution is -2.14. The third-order valence-electron chi connectivity index (χ3n) is 5.23. The molecule has 2 N–H and O–H groups in total. The van der Waals surface area contributed by atoms with Crippen LogP contribution in [0.1, 0.15) is 53.2 Å². The highest BCUT2D eigenvalue weighted by atomic mass is 16.5. The Morgan fingerprint density at radius 3 is 2.64 bits per heavy atom. The molecule has 0 saturated heterocycles. The number of carbonyl (C=O) groups excluding carboxylic acids is 1. The number of benzene rings is 1. The second kappa shape index (κ2) is 6.10. The van der Waals surface area contributed by atoms with Crippen LogP contribution < -0.4 is 4.74 Å². The van der Waals surface area contributed by atoms with Gasteiger partial charge in [-0.05, 0) is 45.1 Å². The number of hydrogen-bond donors (Lipinski definition) is 2. The lowest BCUT2D eigenvalue weighted by atomic mass is 9.93. The van der Waals surface area contributed by atoms with E-state index in [1.165, 1.54) is 7.11 Å². The summed E-state index contributed by atoms with van der Waals surface area (Å²) in [4.78, 5) is 23.2. The van der Waals surface area contributed by atoms with Crippen LogP contribution in [0.2, 0.25) is 0 Å². The number of aromatic hydroxyl groups is 1. The van der Waals surface area contributed by atoms with Crippen LogP contribution in [0.4, 0.5) is 0 Å². The number of allylic oxidation sites excluding steroid dienone is 2. The highest BCUT2D eigenvalue weighted by Gasteiger charge is 2.49. The molecule has 0 spiro atoms. The van der Waals surface area contributed by atoms with Crippen LogP contribution in [0, 0.1) is 12.3 Å². The number of hydrogen-bond acceptors (Lipinski definition) is 5. The Hall–Kier alpha value is -2.50. The highest BCUT2D eigenvalue weighted by Crippen LogP contribution is 2.51. The zero-order chi connectivity index (χ0) is 18.4. The topological polar surface area (TPSA) is 93.1 Å². The SMILES string of the molecule is COc1c(C)c2c(c(O)c1CC=C(C)CC1(C(=O)O)CC1)C(=O)OC2. The number of carboxylic acids is 1. The zero-order valence-electron chi connectivity index (χ0n) is 14.6. The van der Waals surface area contributed by atoms with Gasteiger partial charge in [-0.1, -0.05) is 11.6 Å².